The third-order valence-corrected chi connectivity index (χ3v) is 4.42. The lowest BCUT2D eigenvalue weighted by Crippen LogP contribution is -1.97. The van der Waals surface area contributed by atoms with E-state index in [2.05, 4.69) is 64.1 Å². The minimum absolute atomic E-state index is 0.712. The van der Waals surface area contributed by atoms with Crippen molar-refractivity contribution in [3.63, 3.8) is 0 Å². The quantitative estimate of drug-likeness (QED) is 0.584. The Balaban J connectivity index is 1.96. The van der Waals surface area contributed by atoms with Gasteiger partial charge in [-0.25, -0.2) is 0 Å². The molecule has 0 bridgehead atoms. The van der Waals surface area contributed by atoms with Crippen molar-refractivity contribution in [1.29, 1.82) is 0 Å². The Morgan fingerprint density at radius 3 is 2.23 bits per heavy atom. The van der Waals surface area contributed by atoms with Crippen molar-refractivity contribution in [2.45, 2.75) is 53.4 Å². The van der Waals surface area contributed by atoms with Gasteiger partial charge in [0.1, 0.15) is 0 Å². The van der Waals surface area contributed by atoms with Gasteiger partial charge in [-0.1, -0.05) is 61.3 Å². The smallest absolute Gasteiger partial charge is 0.0437 e. The van der Waals surface area contributed by atoms with Crippen LogP contribution >= 0.6 is 11.6 Å². The van der Waals surface area contributed by atoms with E-state index in [-0.39, 0.29) is 0 Å². The maximum Gasteiger partial charge on any atom is 0.0437 e. The van der Waals surface area contributed by atoms with Crippen molar-refractivity contribution in [3.8, 4) is 0 Å². The minimum Gasteiger partial charge on any atom is -0.0840 e. The van der Waals surface area contributed by atoms with Gasteiger partial charge in [0.05, 0.1) is 0 Å². The molecule has 2 aromatic rings. The second-order valence-electron chi connectivity index (χ2n) is 6.86. The highest BCUT2D eigenvalue weighted by molar-refractivity contribution is 6.31. The first-order valence-electron chi connectivity index (χ1n) is 8.28. The van der Waals surface area contributed by atoms with Gasteiger partial charge in [0.2, 0.25) is 0 Å². The van der Waals surface area contributed by atoms with Crippen molar-refractivity contribution in [2.75, 3.05) is 0 Å². The summed E-state index contributed by atoms with van der Waals surface area (Å²) in [5, 5.41) is 0.882. The lowest BCUT2D eigenvalue weighted by atomic mass is 9.96. The van der Waals surface area contributed by atoms with E-state index >= 15 is 0 Å². The number of halogens is 1. The van der Waals surface area contributed by atoms with Gasteiger partial charge in [0, 0.05) is 5.02 Å². The average Bonchev–Trinajstić information content (AvgIpc) is 2.41. The van der Waals surface area contributed by atoms with Gasteiger partial charge >= 0.3 is 0 Å². The van der Waals surface area contributed by atoms with Gasteiger partial charge in [-0.2, -0.15) is 0 Å². The lowest BCUT2D eigenvalue weighted by molar-refractivity contribution is 0.646. The van der Waals surface area contributed by atoms with Crippen LogP contribution in [0.3, 0.4) is 0 Å². The molecule has 0 amide bonds. The fourth-order valence-electron chi connectivity index (χ4n) is 2.97. The van der Waals surface area contributed by atoms with Crippen LogP contribution in [0.15, 0.2) is 36.4 Å². The Bertz CT molecular complexity index is 626. The molecule has 118 valence electrons. The molecule has 0 saturated heterocycles. The van der Waals surface area contributed by atoms with Gasteiger partial charge in [0.15, 0.2) is 0 Å². The van der Waals surface area contributed by atoms with Crippen LogP contribution in [-0.2, 0) is 19.3 Å². The highest BCUT2D eigenvalue weighted by Gasteiger charge is 2.03. The largest absolute Gasteiger partial charge is 0.0840 e. The zero-order valence-electron chi connectivity index (χ0n) is 14.2. The number of benzene rings is 2. The third kappa shape index (κ3) is 5.18. The molecular weight excluding hydrogens is 288 g/mol. The maximum absolute atomic E-state index is 6.20. The molecule has 1 heteroatoms. The SMILES string of the molecule is Cc1cc(CCCc2ccc(C)c(Cl)c2)cc(CC(C)C)c1. The molecule has 0 aliphatic rings. The molecule has 0 aromatic heterocycles. The normalized spacial score (nSPS) is 11.2. The summed E-state index contributed by atoms with van der Waals surface area (Å²) in [6, 6.07) is 13.5. The van der Waals surface area contributed by atoms with Crippen molar-refractivity contribution < 1.29 is 0 Å². The summed E-state index contributed by atoms with van der Waals surface area (Å²) in [6.07, 6.45) is 4.57. The summed E-state index contributed by atoms with van der Waals surface area (Å²) in [6.45, 7) is 8.81. The van der Waals surface area contributed by atoms with E-state index in [1.807, 2.05) is 0 Å². The second kappa shape index (κ2) is 7.83. The van der Waals surface area contributed by atoms with Crippen molar-refractivity contribution in [2.24, 2.45) is 5.92 Å². The highest BCUT2D eigenvalue weighted by Crippen LogP contribution is 2.19. The average molecular weight is 315 g/mol. The first-order chi connectivity index (χ1) is 10.4. The molecule has 2 aromatic carbocycles. The van der Waals surface area contributed by atoms with Gasteiger partial charge in [-0.3, -0.25) is 0 Å². The molecule has 0 radical (unpaired) electrons. The first kappa shape index (κ1) is 17.1. The first-order valence-corrected chi connectivity index (χ1v) is 8.66. The summed E-state index contributed by atoms with van der Waals surface area (Å²) < 4.78 is 0. The van der Waals surface area contributed by atoms with E-state index in [9.17, 15) is 0 Å². The fraction of sp³-hybridized carbons (Fsp3) is 0.429. The van der Waals surface area contributed by atoms with Gasteiger partial charge in [0.25, 0.3) is 0 Å². The summed E-state index contributed by atoms with van der Waals surface area (Å²) in [4.78, 5) is 0. The summed E-state index contributed by atoms with van der Waals surface area (Å²) in [5.74, 6) is 0.712. The van der Waals surface area contributed by atoms with E-state index in [0.717, 1.165) is 23.4 Å². The van der Waals surface area contributed by atoms with Crippen LogP contribution in [0.4, 0.5) is 0 Å². The highest BCUT2D eigenvalue weighted by atomic mass is 35.5. The van der Waals surface area contributed by atoms with E-state index in [0.29, 0.717) is 5.92 Å². The van der Waals surface area contributed by atoms with Crippen LogP contribution in [0.5, 0.6) is 0 Å². The molecule has 2 rings (SSSR count). The zero-order valence-corrected chi connectivity index (χ0v) is 15.0. The molecule has 0 N–H and O–H groups in total. The topological polar surface area (TPSA) is 0 Å². The molecule has 22 heavy (non-hydrogen) atoms. The Morgan fingerprint density at radius 2 is 1.55 bits per heavy atom. The van der Waals surface area contributed by atoms with Gasteiger partial charge < -0.3 is 0 Å². The fourth-order valence-corrected chi connectivity index (χ4v) is 3.17. The number of aryl methyl sites for hydroxylation is 4. The molecule has 0 unspecified atom stereocenters. The number of hydrogen-bond acceptors (Lipinski definition) is 0. The molecule has 0 atom stereocenters. The molecule has 0 aliphatic carbocycles. The van der Waals surface area contributed by atoms with Crippen LogP contribution in [0.25, 0.3) is 0 Å². The maximum atomic E-state index is 6.20. The standard InChI is InChI=1S/C21H27Cl/c1-15(2)10-20-12-16(3)11-19(13-20)7-5-6-18-9-8-17(4)21(22)14-18/h8-9,11-15H,5-7,10H2,1-4H3. The predicted molar refractivity (Wildman–Crippen MR) is 97.9 cm³/mol. The summed E-state index contributed by atoms with van der Waals surface area (Å²) >= 11 is 6.20. The monoisotopic (exact) mass is 314 g/mol. The number of hydrogen-bond donors (Lipinski definition) is 0. The molecule has 0 spiro atoms. The van der Waals surface area contributed by atoms with E-state index in [4.69, 9.17) is 11.6 Å². The molecule has 0 heterocycles. The molecular formula is C21H27Cl. The second-order valence-corrected chi connectivity index (χ2v) is 7.27. The van der Waals surface area contributed by atoms with Crippen LogP contribution in [-0.4, -0.2) is 0 Å². The van der Waals surface area contributed by atoms with Crippen LogP contribution in [0.1, 0.15) is 48.1 Å². The van der Waals surface area contributed by atoms with E-state index < -0.39 is 0 Å². The van der Waals surface area contributed by atoms with Gasteiger partial charge in [-0.15, -0.1) is 0 Å². The van der Waals surface area contributed by atoms with Crippen LogP contribution in [0, 0.1) is 19.8 Å². The Labute approximate surface area is 140 Å². The van der Waals surface area contributed by atoms with E-state index in [1.54, 1.807) is 0 Å². The van der Waals surface area contributed by atoms with Crippen LogP contribution < -0.4 is 0 Å². The summed E-state index contributed by atoms with van der Waals surface area (Å²) in [5.41, 5.74) is 6.82. The minimum atomic E-state index is 0.712. The predicted octanol–water partition coefficient (Wildman–Crippen LogP) is 6.33. The zero-order chi connectivity index (χ0) is 16.1. The molecule has 0 nitrogen and oxygen atoms in total. The van der Waals surface area contributed by atoms with Crippen molar-refractivity contribution in [3.05, 3.63) is 69.2 Å². The third-order valence-electron chi connectivity index (χ3n) is 4.01. The Hall–Kier alpha value is -1.27. The molecule has 0 saturated carbocycles. The van der Waals surface area contributed by atoms with Crippen molar-refractivity contribution in [1.82, 2.24) is 0 Å². The molecule has 0 aliphatic heterocycles. The van der Waals surface area contributed by atoms with E-state index in [1.165, 1.54) is 35.1 Å². The molecule has 0 fully saturated rings. The Kier molecular flexibility index (Phi) is 6.08. The van der Waals surface area contributed by atoms with Crippen LogP contribution in [0.2, 0.25) is 5.02 Å². The van der Waals surface area contributed by atoms with Crippen molar-refractivity contribution >= 4 is 11.6 Å². The lowest BCUT2D eigenvalue weighted by Gasteiger charge is -2.10. The number of rotatable bonds is 6. The van der Waals surface area contributed by atoms with Gasteiger partial charge in [-0.05, 0) is 73.8 Å². The Morgan fingerprint density at radius 1 is 0.864 bits per heavy atom. The summed E-state index contributed by atoms with van der Waals surface area (Å²) in [7, 11) is 0.